The van der Waals surface area contributed by atoms with Crippen molar-refractivity contribution in [3.63, 3.8) is 0 Å². The van der Waals surface area contributed by atoms with E-state index in [-0.39, 0.29) is 11.2 Å². The van der Waals surface area contributed by atoms with Gasteiger partial charge in [0.15, 0.2) is 10.1 Å². The number of hydrogen-bond donors (Lipinski definition) is 1. The third-order valence-electron chi connectivity index (χ3n) is 5.42. The zero-order chi connectivity index (χ0) is 22.2. The molecule has 2 aliphatic rings. The van der Waals surface area contributed by atoms with E-state index in [1.54, 1.807) is 29.1 Å². The lowest BCUT2D eigenvalue weighted by Gasteiger charge is -2.42. The SMILES string of the molecule is CCCSc1nnc(N2C(N)=C(C#N)C(c3cccnc3)C3=C2CC(C)(C)CC3=O)s1. The number of anilines is 1. The van der Waals surface area contributed by atoms with Gasteiger partial charge in [0.1, 0.15) is 5.82 Å². The number of aromatic nitrogens is 3. The van der Waals surface area contributed by atoms with Gasteiger partial charge in [-0.3, -0.25) is 14.7 Å². The molecule has 31 heavy (non-hydrogen) atoms. The number of thioether (sulfide) groups is 1. The van der Waals surface area contributed by atoms with E-state index in [1.165, 1.54) is 11.3 Å². The van der Waals surface area contributed by atoms with Gasteiger partial charge in [0.25, 0.3) is 0 Å². The van der Waals surface area contributed by atoms with Crippen LogP contribution in [0.4, 0.5) is 5.13 Å². The third-order valence-corrected chi connectivity index (χ3v) is 7.66. The van der Waals surface area contributed by atoms with Crippen LogP contribution in [0.5, 0.6) is 0 Å². The monoisotopic (exact) mass is 452 g/mol. The molecule has 160 valence electrons. The van der Waals surface area contributed by atoms with Crippen molar-refractivity contribution in [1.82, 2.24) is 15.2 Å². The molecule has 2 N–H and O–H groups in total. The first-order valence-electron chi connectivity index (χ1n) is 10.2. The van der Waals surface area contributed by atoms with E-state index in [0.717, 1.165) is 27.8 Å². The number of nitrogens with zero attached hydrogens (tertiary/aromatic N) is 5. The van der Waals surface area contributed by atoms with Crippen molar-refractivity contribution >= 4 is 34.0 Å². The predicted molar refractivity (Wildman–Crippen MR) is 122 cm³/mol. The van der Waals surface area contributed by atoms with Crippen LogP contribution in [0.15, 0.2) is 51.5 Å². The molecule has 0 bridgehead atoms. The minimum Gasteiger partial charge on any atom is -0.384 e. The Labute approximate surface area is 190 Å². The topological polar surface area (TPSA) is 109 Å². The van der Waals surface area contributed by atoms with E-state index in [2.05, 4.69) is 42.0 Å². The Hall–Kier alpha value is -2.70. The Bertz CT molecular complexity index is 1110. The van der Waals surface area contributed by atoms with Crippen LogP contribution in [0.25, 0.3) is 0 Å². The summed E-state index contributed by atoms with van der Waals surface area (Å²) in [4.78, 5) is 19.4. The number of carbonyl (C=O) groups excluding carboxylic acids is 1. The molecule has 2 aromatic heterocycles. The van der Waals surface area contributed by atoms with E-state index >= 15 is 0 Å². The second-order valence-corrected chi connectivity index (χ2v) is 10.8. The smallest absolute Gasteiger partial charge is 0.219 e. The number of nitrogens with two attached hydrogens (primary N) is 1. The van der Waals surface area contributed by atoms with Crippen molar-refractivity contribution < 1.29 is 4.79 Å². The number of ketones is 1. The van der Waals surface area contributed by atoms with Crippen molar-refractivity contribution in [2.24, 2.45) is 11.1 Å². The summed E-state index contributed by atoms with van der Waals surface area (Å²) >= 11 is 3.08. The number of carbonyl (C=O) groups is 1. The molecule has 9 heteroatoms. The van der Waals surface area contributed by atoms with Crippen LogP contribution in [0.2, 0.25) is 0 Å². The molecule has 0 amide bonds. The Morgan fingerprint density at radius 3 is 2.87 bits per heavy atom. The van der Waals surface area contributed by atoms with Crippen LogP contribution in [0.1, 0.15) is 51.5 Å². The van der Waals surface area contributed by atoms with E-state index < -0.39 is 5.92 Å². The largest absolute Gasteiger partial charge is 0.384 e. The Morgan fingerprint density at radius 2 is 2.19 bits per heavy atom. The van der Waals surface area contributed by atoms with Gasteiger partial charge >= 0.3 is 0 Å². The van der Waals surface area contributed by atoms with Gasteiger partial charge in [0, 0.05) is 35.8 Å². The van der Waals surface area contributed by atoms with Crippen LogP contribution in [0, 0.1) is 16.7 Å². The summed E-state index contributed by atoms with van der Waals surface area (Å²) in [5.41, 5.74) is 8.95. The van der Waals surface area contributed by atoms with Crippen molar-refractivity contribution in [2.45, 2.75) is 50.3 Å². The second kappa shape index (κ2) is 8.44. The number of pyridine rings is 1. The lowest BCUT2D eigenvalue weighted by molar-refractivity contribution is -0.118. The average molecular weight is 453 g/mol. The van der Waals surface area contributed by atoms with Crippen molar-refractivity contribution in [3.05, 3.63) is 52.8 Å². The summed E-state index contributed by atoms with van der Waals surface area (Å²) < 4.78 is 0.848. The number of rotatable bonds is 5. The third kappa shape index (κ3) is 3.98. The molecule has 0 radical (unpaired) electrons. The van der Waals surface area contributed by atoms with Gasteiger partial charge in [0.05, 0.1) is 17.6 Å². The van der Waals surface area contributed by atoms with Gasteiger partial charge in [-0.2, -0.15) is 5.26 Å². The molecule has 3 heterocycles. The molecule has 0 saturated carbocycles. The summed E-state index contributed by atoms with van der Waals surface area (Å²) in [7, 11) is 0. The molecule has 0 saturated heterocycles. The average Bonchev–Trinajstić information content (AvgIpc) is 3.19. The first-order chi connectivity index (χ1) is 14.9. The molecule has 0 fully saturated rings. The highest BCUT2D eigenvalue weighted by molar-refractivity contribution is 8.01. The molecule has 0 spiro atoms. The Morgan fingerprint density at radius 1 is 1.39 bits per heavy atom. The molecule has 7 nitrogen and oxygen atoms in total. The van der Waals surface area contributed by atoms with Crippen LogP contribution in [-0.2, 0) is 4.79 Å². The minimum absolute atomic E-state index is 0.0375. The Kier molecular flexibility index (Phi) is 5.86. The first-order valence-corrected chi connectivity index (χ1v) is 12.0. The Balaban J connectivity index is 1.90. The standard InChI is InChI=1S/C22H24N6OS2/c1-4-8-30-21-27-26-20(31-21)28-15-9-22(2,3)10-16(29)18(15)17(14(11-23)19(28)24)13-6-5-7-25-12-13/h5-7,12,17H,4,8-10,24H2,1-3H3. The zero-order valence-corrected chi connectivity index (χ0v) is 19.4. The number of allylic oxidation sites excluding steroid dienone is 3. The van der Waals surface area contributed by atoms with Gasteiger partial charge in [-0.05, 0) is 29.9 Å². The van der Waals surface area contributed by atoms with Gasteiger partial charge in [-0.1, -0.05) is 49.9 Å². The second-order valence-electron chi connectivity index (χ2n) is 8.47. The van der Waals surface area contributed by atoms with E-state index in [1.807, 2.05) is 12.1 Å². The van der Waals surface area contributed by atoms with Gasteiger partial charge in [0.2, 0.25) is 5.13 Å². The maximum Gasteiger partial charge on any atom is 0.219 e. The molecular formula is C22H24N6OS2. The molecule has 1 unspecified atom stereocenters. The fraction of sp³-hybridized carbons (Fsp3) is 0.409. The first kappa shape index (κ1) is 21.5. The molecule has 4 rings (SSSR count). The van der Waals surface area contributed by atoms with Crippen LogP contribution in [0.3, 0.4) is 0 Å². The normalized spacial score (nSPS) is 20.6. The van der Waals surface area contributed by atoms with Gasteiger partial charge in [-0.15, -0.1) is 10.2 Å². The molecule has 1 aliphatic heterocycles. The number of Topliss-reactive ketones (excluding diaryl/α,β-unsaturated/α-hetero) is 1. The lowest BCUT2D eigenvalue weighted by atomic mass is 9.69. The van der Waals surface area contributed by atoms with Crippen molar-refractivity contribution in [2.75, 3.05) is 10.7 Å². The lowest BCUT2D eigenvalue weighted by Crippen LogP contribution is -2.42. The molecule has 0 aromatic carbocycles. The summed E-state index contributed by atoms with van der Waals surface area (Å²) in [6, 6.07) is 5.97. The number of nitriles is 1. The quantitative estimate of drug-likeness (QED) is 0.666. The minimum atomic E-state index is -0.518. The fourth-order valence-electron chi connectivity index (χ4n) is 4.15. The van der Waals surface area contributed by atoms with Crippen molar-refractivity contribution in [1.29, 1.82) is 5.26 Å². The van der Waals surface area contributed by atoms with Crippen LogP contribution >= 0.6 is 23.1 Å². The van der Waals surface area contributed by atoms with Crippen molar-refractivity contribution in [3.8, 4) is 6.07 Å². The summed E-state index contributed by atoms with van der Waals surface area (Å²) in [5, 5.41) is 19.3. The van der Waals surface area contributed by atoms with Gasteiger partial charge < -0.3 is 5.73 Å². The van der Waals surface area contributed by atoms with Crippen LogP contribution < -0.4 is 10.6 Å². The maximum absolute atomic E-state index is 13.4. The fourth-order valence-corrected chi connectivity index (χ4v) is 5.95. The summed E-state index contributed by atoms with van der Waals surface area (Å²) in [5.74, 6) is 0.779. The molecular weight excluding hydrogens is 428 g/mol. The van der Waals surface area contributed by atoms with E-state index in [9.17, 15) is 10.1 Å². The summed E-state index contributed by atoms with van der Waals surface area (Å²) in [6.45, 7) is 6.27. The maximum atomic E-state index is 13.4. The highest BCUT2D eigenvalue weighted by Gasteiger charge is 2.45. The van der Waals surface area contributed by atoms with E-state index in [0.29, 0.717) is 34.9 Å². The predicted octanol–water partition coefficient (Wildman–Crippen LogP) is 4.38. The molecule has 1 atom stereocenters. The zero-order valence-electron chi connectivity index (χ0n) is 17.8. The van der Waals surface area contributed by atoms with Gasteiger partial charge in [-0.25, -0.2) is 0 Å². The highest BCUT2D eigenvalue weighted by atomic mass is 32.2. The van der Waals surface area contributed by atoms with Crippen LogP contribution in [-0.4, -0.2) is 26.7 Å². The summed E-state index contributed by atoms with van der Waals surface area (Å²) in [6.07, 6.45) is 5.49. The molecule has 2 aromatic rings. The highest BCUT2D eigenvalue weighted by Crippen LogP contribution is 2.50. The molecule has 1 aliphatic carbocycles. The van der Waals surface area contributed by atoms with E-state index in [4.69, 9.17) is 5.73 Å². The number of hydrogen-bond acceptors (Lipinski definition) is 9.